The minimum Gasteiger partial charge on any atom is -0.326 e. The van der Waals surface area contributed by atoms with Gasteiger partial charge >= 0.3 is 0 Å². The minimum atomic E-state index is -3.89. The van der Waals surface area contributed by atoms with Crippen LogP contribution in [0.2, 0.25) is 0 Å². The summed E-state index contributed by atoms with van der Waals surface area (Å²) in [6, 6.07) is 21.0. The fraction of sp³-hybridized carbons (Fsp3) is 0.0417. The van der Waals surface area contributed by atoms with Crippen molar-refractivity contribution in [3.05, 3.63) is 101 Å². The van der Waals surface area contributed by atoms with Gasteiger partial charge in [0.2, 0.25) is 10.0 Å². The highest BCUT2D eigenvalue weighted by molar-refractivity contribution is 7.89. The first-order chi connectivity index (χ1) is 16.4. The van der Waals surface area contributed by atoms with Crippen LogP contribution in [0.5, 0.6) is 0 Å². The van der Waals surface area contributed by atoms with Crippen molar-refractivity contribution in [3.8, 4) is 22.5 Å². The van der Waals surface area contributed by atoms with Crippen molar-refractivity contribution >= 4 is 21.2 Å². The highest BCUT2D eigenvalue weighted by atomic mass is 32.2. The zero-order valence-corrected chi connectivity index (χ0v) is 18.7. The SMILES string of the molecule is NCc1cccc(-n2cnc3ncn(-c4ccc(-c5ccccc5S(N)(=O)=O)cc4)c(=O)c32)c1. The van der Waals surface area contributed by atoms with Gasteiger partial charge in [-0.25, -0.2) is 23.5 Å². The Labute approximate surface area is 195 Å². The monoisotopic (exact) mass is 472 g/mol. The molecule has 10 heteroatoms. The van der Waals surface area contributed by atoms with Crippen LogP contribution in [-0.4, -0.2) is 27.5 Å². The third kappa shape index (κ3) is 3.79. The van der Waals surface area contributed by atoms with Crippen molar-refractivity contribution in [1.82, 2.24) is 19.1 Å². The highest BCUT2D eigenvalue weighted by Crippen LogP contribution is 2.27. The third-order valence-corrected chi connectivity index (χ3v) is 6.51. The summed E-state index contributed by atoms with van der Waals surface area (Å²) in [5.74, 6) is 0. The van der Waals surface area contributed by atoms with Gasteiger partial charge in [-0.05, 0) is 41.5 Å². The Hall–Kier alpha value is -4.12. The van der Waals surface area contributed by atoms with Gasteiger partial charge in [-0.1, -0.05) is 42.5 Å². The number of imidazole rings is 1. The van der Waals surface area contributed by atoms with Gasteiger partial charge in [-0.2, -0.15) is 0 Å². The summed E-state index contributed by atoms with van der Waals surface area (Å²) >= 11 is 0. The predicted octanol–water partition coefficient (Wildman–Crippen LogP) is 2.34. The van der Waals surface area contributed by atoms with E-state index in [4.69, 9.17) is 10.9 Å². The van der Waals surface area contributed by atoms with Gasteiger partial charge < -0.3 is 5.73 Å². The van der Waals surface area contributed by atoms with Gasteiger partial charge in [0.05, 0.1) is 10.6 Å². The molecule has 170 valence electrons. The molecule has 0 amide bonds. The summed E-state index contributed by atoms with van der Waals surface area (Å²) in [5, 5.41) is 5.36. The molecular weight excluding hydrogens is 452 g/mol. The van der Waals surface area contributed by atoms with Crippen LogP contribution in [0.3, 0.4) is 0 Å². The first-order valence-corrected chi connectivity index (χ1v) is 11.9. The fourth-order valence-electron chi connectivity index (χ4n) is 3.88. The Morgan fingerprint density at radius 1 is 0.824 bits per heavy atom. The van der Waals surface area contributed by atoms with Crippen LogP contribution in [0, 0.1) is 0 Å². The maximum absolute atomic E-state index is 13.4. The second kappa shape index (κ2) is 8.34. The Bertz CT molecular complexity index is 1690. The molecule has 0 aliphatic heterocycles. The Balaban J connectivity index is 1.60. The lowest BCUT2D eigenvalue weighted by Gasteiger charge is -2.10. The van der Waals surface area contributed by atoms with Crippen molar-refractivity contribution in [2.45, 2.75) is 11.4 Å². The van der Waals surface area contributed by atoms with Crippen LogP contribution >= 0.6 is 0 Å². The molecule has 9 nitrogen and oxygen atoms in total. The normalized spacial score (nSPS) is 11.7. The van der Waals surface area contributed by atoms with E-state index >= 15 is 0 Å². The van der Waals surface area contributed by atoms with E-state index in [0.29, 0.717) is 34.5 Å². The van der Waals surface area contributed by atoms with Crippen molar-refractivity contribution in [2.24, 2.45) is 10.9 Å². The van der Waals surface area contributed by atoms with E-state index in [9.17, 15) is 13.2 Å². The van der Waals surface area contributed by atoms with Crippen molar-refractivity contribution in [2.75, 3.05) is 0 Å². The van der Waals surface area contributed by atoms with Gasteiger partial charge in [-0.3, -0.25) is 13.9 Å². The number of hydrogen-bond donors (Lipinski definition) is 2. The average molecular weight is 473 g/mol. The molecule has 4 N–H and O–H groups in total. The molecule has 3 aromatic carbocycles. The van der Waals surface area contributed by atoms with Gasteiger partial charge in [0, 0.05) is 17.8 Å². The molecule has 2 heterocycles. The van der Waals surface area contributed by atoms with E-state index in [2.05, 4.69) is 9.97 Å². The summed E-state index contributed by atoms with van der Waals surface area (Å²) in [4.78, 5) is 22.1. The van der Waals surface area contributed by atoms with Crippen LogP contribution in [0.25, 0.3) is 33.7 Å². The van der Waals surface area contributed by atoms with Gasteiger partial charge in [0.25, 0.3) is 5.56 Å². The first-order valence-electron chi connectivity index (χ1n) is 10.3. The van der Waals surface area contributed by atoms with Gasteiger partial charge in [0.15, 0.2) is 11.2 Å². The van der Waals surface area contributed by atoms with E-state index in [1.54, 1.807) is 53.4 Å². The van der Waals surface area contributed by atoms with Crippen molar-refractivity contribution in [3.63, 3.8) is 0 Å². The van der Waals surface area contributed by atoms with E-state index in [-0.39, 0.29) is 10.5 Å². The first kappa shape index (κ1) is 21.7. The summed E-state index contributed by atoms with van der Waals surface area (Å²) in [6.45, 7) is 0.379. The van der Waals surface area contributed by atoms with Crippen LogP contribution < -0.4 is 16.4 Å². The molecule has 34 heavy (non-hydrogen) atoms. The zero-order valence-electron chi connectivity index (χ0n) is 17.9. The fourth-order valence-corrected chi connectivity index (χ4v) is 4.64. The minimum absolute atomic E-state index is 0.0339. The third-order valence-electron chi connectivity index (χ3n) is 5.54. The second-order valence-electron chi connectivity index (χ2n) is 7.67. The highest BCUT2D eigenvalue weighted by Gasteiger charge is 2.16. The summed E-state index contributed by atoms with van der Waals surface area (Å²) in [5.41, 5.74) is 9.52. The molecule has 0 aliphatic carbocycles. The zero-order chi connectivity index (χ0) is 23.9. The molecule has 2 aromatic heterocycles. The lowest BCUT2D eigenvalue weighted by atomic mass is 10.1. The molecule has 0 fully saturated rings. The molecule has 0 aliphatic rings. The smallest absolute Gasteiger partial charge is 0.284 e. The number of benzene rings is 3. The number of hydrogen-bond acceptors (Lipinski definition) is 6. The largest absolute Gasteiger partial charge is 0.326 e. The van der Waals surface area contributed by atoms with Crippen LogP contribution in [0.15, 0.2) is 95.1 Å². The number of sulfonamides is 1. The van der Waals surface area contributed by atoms with Crippen LogP contribution in [0.4, 0.5) is 0 Å². The Morgan fingerprint density at radius 2 is 1.53 bits per heavy atom. The Kier molecular flexibility index (Phi) is 5.33. The average Bonchev–Trinajstić information content (AvgIpc) is 3.29. The summed E-state index contributed by atoms with van der Waals surface area (Å²) in [6.07, 6.45) is 2.98. The van der Waals surface area contributed by atoms with E-state index in [1.807, 2.05) is 24.3 Å². The van der Waals surface area contributed by atoms with Gasteiger partial charge in [-0.15, -0.1) is 0 Å². The molecule has 0 bridgehead atoms. The standard InChI is InChI=1S/C24H20N6O3S/c25-13-16-4-3-5-19(12-16)29-14-27-23-22(29)24(31)30(15-28-23)18-10-8-17(9-11-18)20-6-1-2-7-21(20)34(26,32)33/h1-12,14-15H,13,25H2,(H2,26,32,33). The lowest BCUT2D eigenvalue weighted by Crippen LogP contribution is -2.20. The lowest BCUT2D eigenvalue weighted by molar-refractivity contribution is 0.598. The molecule has 0 saturated carbocycles. The second-order valence-corrected chi connectivity index (χ2v) is 9.20. The number of nitrogens with zero attached hydrogens (tertiary/aromatic N) is 4. The molecule has 0 radical (unpaired) electrons. The van der Waals surface area contributed by atoms with Crippen LogP contribution in [-0.2, 0) is 16.6 Å². The summed E-state index contributed by atoms with van der Waals surface area (Å²) < 4.78 is 27.0. The molecule has 0 spiro atoms. The molecule has 5 aromatic rings. The van der Waals surface area contributed by atoms with E-state index < -0.39 is 10.0 Å². The van der Waals surface area contributed by atoms with Crippen molar-refractivity contribution in [1.29, 1.82) is 0 Å². The number of aromatic nitrogens is 4. The number of nitrogens with two attached hydrogens (primary N) is 2. The molecule has 0 unspecified atom stereocenters. The maximum Gasteiger partial charge on any atom is 0.284 e. The molecule has 0 saturated heterocycles. The van der Waals surface area contributed by atoms with Gasteiger partial charge in [0.1, 0.15) is 12.7 Å². The molecule has 0 atom stereocenters. The predicted molar refractivity (Wildman–Crippen MR) is 129 cm³/mol. The number of primary sulfonamides is 1. The van der Waals surface area contributed by atoms with Crippen molar-refractivity contribution < 1.29 is 8.42 Å². The molecule has 5 rings (SSSR count). The topological polar surface area (TPSA) is 139 Å². The van der Waals surface area contributed by atoms with E-state index in [0.717, 1.165) is 11.3 Å². The van der Waals surface area contributed by atoms with Crippen LogP contribution in [0.1, 0.15) is 5.56 Å². The Morgan fingerprint density at radius 3 is 2.24 bits per heavy atom. The maximum atomic E-state index is 13.4. The summed E-state index contributed by atoms with van der Waals surface area (Å²) in [7, 11) is -3.89. The molecular formula is C24H20N6O3S. The van der Waals surface area contributed by atoms with E-state index in [1.165, 1.54) is 17.0 Å². The number of fused-ring (bicyclic) bond motifs is 1. The quantitative estimate of drug-likeness (QED) is 0.403. The number of rotatable bonds is 5.